The number of thiophene rings is 1. The van der Waals surface area contributed by atoms with Gasteiger partial charge in [-0.1, -0.05) is 34.1 Å². The van der Waals surface area contributed by atoms with Crippen molar-refractivity contribution in [2.75, 3.05) is 5.32 Å². The Morgan fingerprint density at radius 2 is 1.77 bits per heavy atom. The first-order chi connectivity index (χ1) is 12.5. The van der Waals surface area contributed by atoms with Crippen LogP contribution in [0, 0.1) is 0 Å². The van der Waals surface area contributed by atoms with E-state index in [0.717, 1.165) is 10.0 Å². The number of rotatable bonds is 5. The van der Waals surface area contributed by atoms with Crippen molar-refractivity contribution in [2.24, 2.45) is 0 Å². The molecule has 0 spiro atoms. The predicted molar refractivity (Wildman–Crippen MR) is 109 cm³/mol. The molecule has 26 heavy (non-hydrogen) atoms. The Balaban J connectivity index is 1.62. The molecular weight excluding hydrogens is 412 g/mol. The van der Waals surface area contributed by atoms with E-state index in [-0.39, 0.29) is 17.9 Å². The van der Waals surface area contributed by atoms with E-state index in [1.807, 2.05) is 42.6 Å². The fraction of sp³-hybridized carbons (Fsp3) is 0.100. The first-order valence-electron chi connectivity index (χ1n) is 8.04. The van der Waals surface area contributed by atoms with Gasteiger partial charge in [0.2, 0.25) is 0 Å². The third-order valence-electron chi connectivity index (χ3n) is 3.85. The van der Waals surface area contributed by atoms with Crippen molar-refractivity contribution in [3.8, 4) is 0 Å². The Bertz CT molecular complexity index is 908. The van der Waals surface area contributed by atoms with Gasteiger partial charge in [0.15, 0.2) is 0 Å². The Hall–Kier alpha value is -2.44. The van der Waals surface area contributed by atoms with Crippen LogP contribution in [-0.4, -0.2) is 11.8 Å². The normalized spacial score (nSPS) is 11.6. The maximum Gasteiger partial charge on any atom is 0.265 e. The summed E-state index contributed by atoms with van der Waals surface area (Å²) in [5.74, 6) is -0.311. The topological polar surface area (TPSA) is 58.2 Å². The maximum atomic E-state index is 12.4. The summed E-state index contributed by atoms with van der Waals surface area (Å²) in [6.07, 6.45) is 0. The van der Waals surface area contributed by atoms with Gasteiger partial charge in [0.05, 0.1) is 10.9 Å². The first-order valence-corrected chi connectivity index (χ1v) is 9.71. The van der Waals surface area contributed by atoms with Crippen LogP contribution in [0.1, 0.15) is 38.6 Å². The summed E-state index contributed by atoms with van der Waals surface area (Å²) in [5, 5.41) is 7.65. The molecule has 3 aromatic rings. The van der Waals surface area contributed by atoms with E-state index in [1.54, 1.807) is 30.3 Å². The molecule has 0 aliphatic carbocycles. The highest BCUT2D eigenvalue weighted by Gasteiger charge is 2.12. The highest BCUT2D eigenvalue weighted by atomic mass is 79.9. The Morgan fingerprint density at radius 1 is 1.00 bits per heavy atom. The van der Waals surface area contributed by atoms with Crippen LogP contribution < -0.4 is 10.6 Å². The maximum absolute atomic E-state index is 12.4. The SMILES string of the molecule is CC(NC(=O)c1ccc(NC(=O)c2cccs2)cc1)c1cccc(Br)c1. The van der Waals surface area contributed by atoms with E-state index < -0.39 is 0 Å². The molecule has 3 rings (SSSR count). The molecule has 0 bridgehead atoms. The molecule has 0 fully saturated rings. The van der Waals surface area contributed by atoms with Crippen molar-refractivity contribution < 1.29 is 9.59 Å². The number of nitrogens with one attached hydrogen (secondary N) is 2. The van der Waals surface area contributed by atoms with E-state index in [1.165, 1.54) is 11.3 Å². The molecule has 4 nitrogen and oxygen atoms in total. The molecule has 0 saturated heterocycles. The van der Waals surface area contributed by atoms with Gasteiger partial charge in [-0.05, 0) is 60.3 Å². The number of halogens is 1. The van der Waals surface area contributed by atoms with Crippen molar-refractivity contribution in [3.63, 3.8) is 0 Å². The minimum absolute atomic E-state index is 0.113. The summed E-state index contributed by atoms with van der Waals surface area (Å²) in [7, 11) is 0. The first kappa shape index (κ1) is 18.4. The molecule has 2 N–H and O–H groups in total. The van der Waals surface area contributed by atoms with E-state index >= 15 is 0 Å². The largest absolute Gasteiger partial charge is 0.346 e. The Morgan fingerprint density at radius 3 is 2.42 bits per heavy atom. The van der Waals surface area contributed by atoms with Crippen LogP contribution >= 0.6 is 27.3 Å². The van der Waals surface area contributed by atoms with Crippen molar-refractivity contribution in [3.05, 3.63) is 86.5 Å². The summed E-state index contributed by atoms with van der Waals surface area (Å²) >= 11 is 4.82. The lowest BCUT2D eigenvalue weighted by Gasteiger charge is -2.15. The smallest absolute Gasteiger partial charge is 0.265 e. The average Bonchev–Trinajstić information content (AvgIpc) is 3.17. The quantitative estimate of drug-likeness (QED) is 0.582. The number of anilines is 1. The summed E-state index contributed by atoms with van der Waals surface area (Å²) in [6, 6.07) is 18.2. The molecule has 6 heteroatoms. The van der Waals surface area contributed by atoms with Gasteiger partial charge >= 0.3 is 0 Å². The lowest BCUT2D eigenvalue weighted by atomic mass is 10.1. The lowest BCUT2D eigenvalue weighted by molar-refractivity contribution is 0.0939. The number of carbonyl (C=O) groups is 2. The number of hydrogen-bond acceptors (Lipinski definition) is 3. The summed E-state index contributed by atoms with van der Waals surface area (Å²) in [5.41, 5.74) is 2.22. The van der Waals surface area contributed by atoms with Gasteiger partial charge in [-0.3, -0.25) is 9.59 Å². The molecule has 0 saturated carbocycles. The third kappa shape index (κ3) is 4.59. The van der Waals surface area contributed by atoms with Gasteiger partial charge in [-0.15, -0.1) is 11.3 Å². The highest BCUT2D eigenvalue weighted by molar-refractivity contribution is 9.10. The zero-order chi connectivity index (χ0) is 18.5. The van der Waals surface area contributed by atoms with Crippen LogP contribution in [0.15, 0.2) is 70.5 Å². The van der Waals surface area contributed by atoms with Gasteiger partial charge in [0.1, 0.15) is 0 Å². The lowest BCUT2D eigenvalue weighted by Crippen LogP contribution is -2.26. The van der Waals surface area contributed by atoms with Crippen molar-refractivity contribution in [1.29, 1.82) is 0 Å². The van der Waals surface area contributed by atoms with Gasteiger partial charge in [0.25, 0.3) is 11.8 Å². The Kier molecular flexibility index (Phi) is 5.85. The molecule has 1 aromatic heterocycles. The monoisotopic (exact) mass is 428 g/mol. The molecule has 0 aliphatic rings. The summed E-state index contributed by atoms with van der Waals surface area (Å²) < 4.78 is 0.974. The third-order valence-corrected chi connectivity index (χ3v) is 5.21. The summed E-state index contributed by atoms with van der Waals surface area (Å²) in [4.78, 5) is 25.1. The highest BCUT2D eigenvalue weighted by Crippen LogP contribution is 2.19. The van der Waals surface area contributed by atoms with E-state index in [2.05, 4.69) is 26.6 Å². The predicted octanol–water partition coefficient (Wildman–Crippen LogP) is 5.25. The fourth-order valence-corrected chi connectivity index (χ4v) is 3.48. The van der Waals surface area contributed by atoms with Gasteiger partial charge in [-0.2, -0.15) is 0 Å². The van der Waals surface area contributed by atoms with E-state index in [0.29, 0.717) is 16.1 Å². The molecule has 0 aliphatic heterocycles. The van der Waals surface area contributed by atoms with Crippen molar-refractivity contribution in [1.82, 2.24) is 5.32 Å². The fourth-order valence-electron chi connectivity index (χ4n) is 2.44. The zero-order valence-electron chi connectivity index (χ0n) is 14.0. The standard InChI is InChI=1S/C20H17BrN2O2S/c1-13(15-4-2-5-16(21)12-15)22-19(24)14-7-9-17(10-8-14)23-20(25)18-6-3-11-26-18/h2-13H,1H3,(H,22,24)(H,23,25). The molecule has 1 unspecified atom stereocenters. The van der Waals surface area contributed by atoms with Gasteiger partial charge in [-0.25, -0.2) is 0 Å². The number of amides is 2. The molecule has 132 valence electrons. The Labute approximate surface area is 164 Å². The second-order valence-electron chi connectivity index (χ2n) is 5.76. The molecule has 0 radical (unpaired) electrons. The van der Waals surface area contributed by atoms with Crippen LogP contribution in [0.25, 0.3) is 0 Å². The summed E-state index contributed by atoms with van der Waals surface area (Å²) in [6.45, 7) is 1.94. The molecule has 2 aromatic carbocycles. The number of benzene rings is 2. The van der Waals surface area contributed by atoms with Crippen LogP contribution in [-0.2, 0) is 0 Å². The molecule has 1 heterocycles. The van der Waals surface area contributed by atoms with Crippen molar-refractivity contribution in [2.45, 2.75) is 13.0 Å². The molecular formula is C20H17BrN2O2S. The van der Waals surface area contributed by atoms with E-state index in [4.69, 9.17) is 0 Å². The van der Waals surface area contributed by atoms with E-state index in [9.17, 15) is 9.59 Å². The average molecular weight is 429 g/mol. The second kappa shape index (κ2) is 8.29. The van der Waals surface area contributed by atoms with Crippen LogP contribution in [0.4, 0.5) is 5.69 Å². The molecule has 1 atom stereocenters. The van der Waals surface area contributed by atoms with Gasteiger partial charge in [0, 0.05) is 15.7 Å². The number of carbonyl (C=O) groups excluding carboxylic acids is 2. The number of hydrogen-bond donors (Lipinski definition) is 2. The second-order valence-corrected chi connectivity index (χ2v) is 7.62. The molecule has 2 amide bonds. The van der Waals surface area contributed by atoms with Crippen molar-refractivity contribution >= 4 is 44.8 Å². The van der Waals surface area contributed by atoms with Crippen LogP contribution in [0.3, 0.4) is 0 Å². The van der Waals surface area contributed by atoms with Gasteiger partial charge < -0.3 is 10.6 Å². The minimum atomic E-state index is -0.159. The zero-order valence-corrected chi connectivity index (χ0v) is 16.4. The minimum Gasteiger partial charge on any atom is -0.346 e. The van der Waals surface area contributed by atoms with Crippen LogP contribution in [0.2, 0.25) is 0 Å². The van der Waals surface area contributed by atoms with Crippen LogP contribution in [0.5, 0.6) is 0 Å².